The second-order valence-corrected chi connectivity index (χ2v) is 9.55. The van der Waals surface area contributed by atoms with E-state index in [1.54, 1.807) is 54.6 Å². The molecule has 1 saturated heterocycles. The third-order valence-corrected chi connectivity index (χ3v) is 6.53. The summed E-state index contributed by atoms with van der Waals surface area (Å²) in [6.45, 7) is 2.54. The van der Waals surface area contributed by atoms with E-state index in [9.17, 15) is 23.1 Å². The third-order valence-electron chi connectivity index (χ3n) is 5.60. The SMILES string of the molecule is CCCOc1ccc(/C(O)=C2\C(=O)C(=O)N(c3ccc(S(N)(=O)=O)cc3)C2c2ccccc2)cc1. The number of Topliss-reactive ketones (excluding diaryl/α,β-unsaturated/α-hetero) is 1. The molecule has 0 aliphatic carbocycles. The second-order valence-electron chi connectivity index (χ2n) is 7.99. The Kier molecular flexibility index (Phi) is 6.72. The Morgan fingerprint density at radius 1 is 0.971 bits per heavy atom. The highest BCUT2D eigenvalue weighted by molar-refractivity contribution is 7.89. The van der Waals surface area contributed by atoms with Crippen molar-refractivity contribution in [1.82, 2.24) is 0 Å². The van der Waals surface area contributed by atoms with Crippen LogP contribution in [0.4, 0.5) is 5.69 Å². The Bertz CT molecular complexity index is 1380. The lowest BCUT2D eigenvalue weighted by atomic mass is 9.95. The summed E-state index contributed by atoms with van der Waals surface area (Å²) in [6.07, 6.45) is 0.848. The minimum Gasteiger partial charge on any atom is -0.507 e. The van der Waals surface area contributed by atoms with E-state index in [0.29, 0.717) is 23.5 Å². The minimum atomic E-state index is -3.93. The van der Waals surface area contributed by atoms with E-state index in [1.165, 1.54) is 29.2 Å². The van der Waals surface area contributed by atoms with Crippen LogP contribution < -0.4 is 14.8 Å². The highest BCUT2D eigenvalue weighted by Crippen LogP contribution is 2.42. The fraction of sp³-hybridized carbons (Fsp3) is 0.154. The number of carbonyl (C=O) groups excluding carboxylic acids is 2. The molecule has 35 heavy (non-hydrogen) atoms. The number of hydrogen-bond acceptors (Lipinski definition) is 6. The van der Waals surface area contributed by atoms with Gasteiger partial charge >= 0.3 is 0 Å². The largest absolute Gasteiger partial charge is 0.507 e. The lowest BCUT2D eigenvalue weighted by molar-refractivity contribution is -0.132. The zero-order chi connectivity index (χ0) is 25.2. The molecule has 1 fully saturated rings. The van der Waals surface area contributed by atoms with Crippen molar-refractivity contribution in [2.24, 2.45) is 5.14 Å². The molecule has 0 aromatic heterocycles. The predicted molar refractivity (Wildman–Crippen MR) is 131 cm³/mol. The molecule has 1 aliphatic heterocycles. The van der Waals surface area contributed by atoms with Gasteiger partial charge in [-0.15, -0.1) is 0 Å². The number of nitrogens with zero attached hydrogens (tertiary/aromatic N) is 1. The van der Waals surface area contributed by atoms with Gasteiger partial charge in [-0.05, 0) is 60.5 Å². The maximum absolute atomic E-state index is 13.2. The predicted octanol–water partition coefficient (Wildman–Crippen LogP) is 3.75. The molecule has 0 spiro atoms. The summed E-state index contributed by atoms with van der Waals surface area (Å²) < 4.78 is 28.9. The van der Waals surface area contributed by atoms with Crippen LogP contribution in [0.5, 0.6) is 5.75 Å². The van der Waals surface area contributed by atoms with Crippen molar-refractivity contribution < 1.29 is 27.9 Å². The number of anilines is 1. The molecule has 180 valence electrons. The Morgan fingerprint density at radius 3 is 2.17 bits per heavy atom. The number of nitrogens with two attached hydrogens (primary N) is 1. The minimum absolute atomic E-state index is 0.0704. The van der Waals surface area contributed by atoms with Crippen LogP contribution in [0, 0.1) is 0 Å². The number of hydrogen-bond donors (Lipinski definition) is 2. The van der Waals surface area contributed by atoms with Crippen LogP contribution in [0.1, 0.15) is 30.5 Å². The van der Waals surface area contributed by atoms with Crippen molar-refractivity contribution >= 4 is 33.2 Å². The number of benzene rings is 3. The first-order chi connectivity index (χ1) is 16.7. The fourth-order valence-electron chi connectivity index (χ4n) is 3.93. The number of primary sulfonamides is 1. The third kappa shape index (κ3) is 4.82. The molecule has 1 heterocycles. The summed E-state index contributed by atoms with van der Waals surface area (Å²) in [6, 6.07) is 19.8. The Labute approximate surface area is 203 Å². The molecule has 9 heteroatoms. The van der Waals surface area contributed by atoms with Gasteiger partial charge in [-0.25, -0.2) is 13.6 Å². The summed E-state index contributed by atoms with van der Waals surface area (Å²) in [4.78, 5) is 27.4. The first-order valence-electron chi connectivity index (χ1n) is 10.9. The maximum atomic E-state index is 13.2. The smallest absolute Gasteiger partial charge is 0.300 e. The van der Waals surface area contributed by atoms with E-state index in [2.05, 4.69) is 0 Å². The van der Waals surface area contributed by atoms with Crippen LogP contribution in [0.15, 0.2) is 89.3 Å². The molecular weight excluding hydrogens is 468 g/mol. The lowest BCUT2D eigenvalue weighted by Crippen LogP contribution is -2.29. The number of carbonyl (C=O) groups is 2. The lowest BCUT2D eigenvalue weighted by Gasteiger charge is -2.25. The molecule has 3 aromatic rings. The normalized spacial score (nSPS) is 17.5. The average Bonchev–Trinajstić information content (AvgIpc) is 3.13. The van der Waals surface area contributed by atoms with Crippen molar-refractivity contribution in [3.63, 3.8) is 0 Å². The number of amides is 1. The zero-order valence-corrected chi connectivity index (χ0v) is 19.7. The van der Waals surface area contributed by atoms with Gasteiger partial charge in [0.15, 0.2) is 0 Å². The maximum Gasteiger partial charge on any atom is 0.300 e. The van der Waals surface area contributed by atoms with Crippen LogP contribution >= 0.6 is 0 Å². The van der Waals surface area contributed by atoms with E-state index >= 15 is 0 Å². The van der Waals surface area contributed by atoms with Crippen molar-refractivity contribution in [3.05, 3.63) is 95.6 Å². The highest BCUT2D eigenvalue weighted by Gasteiger charge is 2.46. The van der Waals surface area contributed by atoms with Gasteiger partial charge in [0.25, 0.3) is 11.7 Å². The monoisotopic (exact) mass is 492 g/mol. The van der Waals surface area contributed by atoms with Crippen molar-refractivity contribution in [3.8, 4) is 5.75 Å². The highest BCUT2D eigenvalue weighted by atomic mass is 32.2. The van der Waals surface area contributed by atoms with E-state index in [1.807, 2.05) is 6.92 Å². The van der Waals surface area contributed by atoms with Gasteiger partial charge in [-0.3, -0.25) is 14.5 Å². The first kappa shape index (κ1) is 24.2. The number of rotatable bonds is 7. The molecular formula is C26H24N2O6S. The van der Waals surface area contributed by atoms with Gasteiger partial charge in [-0.2, -0.15) is 0 Å². The fourth-order valence-corrected chi connectivity index (χ4v) is 4.45. The molecule has 3 N–H and O–H groups in total. The van der Waals surface area contributed by atoms with Gasteiger partial charge in [0.05, 0.1) is 23.1 Å². The summed E-state index contributed by atoms with van der Waals surface area (Å²) in [7, 11) is -3.93. The van der Waals surface area contributed by atoms with Crippen molar-refractivity contribution in [2.45, 2.75) is 24.3 Å². The average molecular weight is 493 g/mol. The molecule has 1 unspecified atom stereocenters. The first-order valence-corrected chi connectivity index (χ1v) is 12.5. The number of aliphatic hydroxyl groups excluding tert-OH is 1. The van der Waals surface area contributed by atoms with Gasteiger partial charge in [0.1, 0.15) is 11.5 Å². The van der Waals surface area contributed by atoms with E-state index in [0.717, 1.165) is 6.42 Å². The molecule has 1 atom stereocenters. The van der Waals surface area contributed by atoms with Crippen LogP contribution in [0.2, 0.25) is 0 Å². The van der Waals surface area contributed by atoms with Gasteiger partial charge in [0.2, 0.25) is 10.0 Å². The summed E-state index contributed by atoms with van der Waals surface area (Å²) in [5, 5.41) is 16.3. The van der Waals surface area contributed by atoms with Crippen molar-refractivity contribution in [2.75, 3.05) is 11.5 Å². The molecule has 8 nitrogen and oxygen atoms in total. The molecule has 4 rings (SSSR count). The van der Waals surface area contributed by atoms with Gasteiger partial charge in [0, 0.05) is 11.3 Å². The van der Waals surface area contributed by atoms with Crippen LogP contribution in [-0.2, 0) is 19.6 Å². The van der Waals surface area contributed by atoms with Gasteiger partial charge < -0.3 is 9.84 Å². The Hall–Kier alpha value is -3.95. The number of ether oxygens (including phenoxy) is 1. The van der Waals surface area contributed by atoms with Crippen LogP contribution in [-0.4, -0.2) is 31.8 Å². The van der Waals surface area contributed by atoms with Crippen molar-refractivity contribution in [1.29, 1.82) is 0 Å². The quantitative estimate of drug-likeness (QED) is 0.294. The summed E-state index contributed by atoms with van der Waals surface area (Å²) in [5.74, 6) is -1.38. The number of sulfonamides is 1. The molecule has 0 saturated carbocycles. The number of aliphatic hydroxyl groups is 1. The Balaban J connectivity index is 1.82. The zero-order valence-electron chi connectivity index (χ0n) is 18.9. The standard InChI is InChI=1S/C26H24N2O6S/c1-2-16-34-20-12-8-18(9-13-20)24(29)22-23(17-6-4-3-5-7-17)28(26(31)25(22)30)19-10-14-21(15-11-19)35(27,32)33/h3-15,23,29H,2,16H2,1H3,(H2,27,32,33)/b24-22+. The molecule has 1 aliphatic rings. The van der Waals surface area contributed by atoms with Crippen LogP contribution in [0.25, 0.3) is 5.76 Å². The van der Waals surface area contributed by atoms with E-state index < -0.39 is 27.8 Å². The number of ketones is 1. The topological polar surface area (TPSA) is 127 Å². The van der Waals surface area contributed by atoms with E-state index in [-0.39, 0.29) is 21.9 Å². The van der Waals surface area contributed by atoms with Crippen LogP contribution in [0.3, 0.4) is 0 Å². The van der Waals surface area contributed by atoms with Gasteiger partial charge in [-0.1, -0.05) is 37.3 Å². The summed E-state index contributed by atoms with van der Waals surface area (Å²) >= 11 is 0. The molecule has 0 radical (unpaired) electrons. The molecule has 1 amide bonds. The molecule has 0 bridgehead atoms. The molecule has 3 aromatic carbocycles. The second kappa shape index (κ2) is 9.73. The van der Waals surface area contributed by atoms with E-state index in [4.69, 9.17) is 9.88 Å². The Morgan fingerprint density at radius 2 is 1.60 bits per heavy atom. The summed E-state index contributed by atoms with van der Waals surface area (Å²) in [5.41, 5.74) is 1.18.